The van der Waals surface area contributed by atoms with E-state index in [4.69, 9.17) is 33.7 Å². The largest absolute Gasteiger partial charge is 0.479 e. The van der Waals surface area contributed by atoms with Crippen LogP contribution in [0.5, 0.6) is 5.75 Å². The van der Waals surface area contributed by atoms with Crippen molar-refractivity contribution < 1.29 is 9.53 Å². The number of carbonyl (C=O) groups excluding carboxylic acids is 1. The van der Waals surface area contributed by atoms with Crippen LogP contribution in [0.25, 0.3) is 0 Å². The molecule has 0 fully saturated rings. The number of ether oxygens (including phenoxy) is 1. The smallest absolute Gasteiger partial charge is 0.264 e. The first-order valence-corrected chi connectivity index (χ1v) is 4.94. The van der Waals surface area contributed by atoms with Gasteiger partial charge in [0.05, 0.1) is 15.7 Å². The molecule has 6 heteroatoms. The summed E-state index contributed by atoms with van der Waals surface area (Å²) in [7, 11) is 1.61. The summed E-state index contributed by atoms with van der Waals surface area (Å²) in [6.07, 6.45) is 0. The highest BCUT2D eigenvalue weighted by Crippen LogP contribution is 2.45. The quantitative estimate of drug-likeness (QED) is 0.712. The van der Waals surface area contributed by atoms with Gasteiger partial charge in [0.25, 0.3) is 5.91 Å². The summed E-state index contributed by atoms with van der Waals surface area (Å²) in [6.45, 7) is -0.0512. The molecule has 0 aliphatic carbocycles. The molecule has 0 unspecified atom stereocenters. The van der Waals surface area contributed by atoms with E-state index >= 15 is 0 Å². The van der Waals surface area contributed by atoms with Crippen molar-refractivity contribution >= 4 is 40.5 Å². The van der Waals surface area contributed by atoms with Crippen LogP contribution in [-0.4, -0.2) is 19.6 Å². The fraction of sp³-hybridized carbons (Fsp3) is 0.222. The van der Waals surface area contributed by atoms with E-state index in [-0.39, 0.29) is 12.5 Å². The van der Waals surface area contributed by atoms with Gasteiger partial charge >= 0.3 is 0 Å². The molecule has 80 valence electrons. The molecule has 0 spiro atoms. The molecule has 1 aliphatic rings. The van der Waals surface area contributed by atoms with Gasteiger partial charge in [0.1, 0.15) is 5.69 Å². The number of halogens is 2. The van der Waals surface area contributed by atoms with Crippen LogP contribution in [0.4, 0.5) is 11.4 Å². The maximum Gasteiger partial charge on any atom is 0.264 e. The number of nitrogen functional groups attached to an aromatic ring is 1. The van der Waals surface area contributed by atoms with Gasteiger partial charge in [-0.2, -0.15) is 0 Å². The van der Waals surface area contributed by atoms with Crippen LogP contribution in [0.2, 0.25) is 10.0 Å². The number of rotatable bonds is 0. The lowest BCUT2D eigenvalue weighted by Crippen LogP contribution is -2.36. The molecule has 4 nitrogen and oxygen atoms in total. The van der Waals surface area contributed by atoms with E-state index < -0.39 is 0 Å². The van der Waals surface area contributed by atoms with Gasteiger partial charge in [0.15, 0.2) is 12.4 Å². The minimum Gasteiger partial charge on any atom is -0.479 e. The number of fused-ring (bicyclic) bond motifs is 1. The first-order valence-electron chi connectivity index (χ1n) is 4.19. The normalized spacial score (nSPS) is 14.9. The van der Waals surface area contributed by atoms with Crippen LogP contribution in [0.1, 0.15) is 0 Å². The number of carbonyl (C=O) groups is 1. The SMILES string of the molecule is CN1C(=O)COc2c(N)c(Cl)cc(Cl)c21. The predicted molar refractivity (Wildman–Crippen MR) is 59.8 cm³/mol. The van der Waals surface area contributed by atoms with Gasteiger partial charge in [-0.1, -0.05) is 23.2 Å². The Hall–Kier alpha value is -1.13. The maximum absolute atomic E-state index is 11.4. The molecule has 2 N–H and O–H groups in total. The molecule has 0 bridgehead atoms. The Morgan fingerprint density at radius 3 is 2.80 bits per heavy atom. The summed E-state index contributed by atoms with van der Waals surface area (Å²) >= 11 is 11.8. The monoisotopic (exact) mass is 246 g/mol. The highest BCUT2D eigenvalue weighted by molar-refractivity contribution is 6.39. The van der Waals surface area contributed by atoms with E-state index in [1.165, 1.54) is 11.0 Å². The Morgan fingerprint density at radius 2 is 2.13 bits per heavy atom. The lowest BCUT2D eigenvalue weighted by Gasteiger charge is -2.28. The molecule has 1 amide bonds. The zero-order valence-electron chi connectivity index (χ0n) is 7.88. The highest BCUT2D eigenvalue weighted by atomic mass is 35.5. The molecule has 0 aromatic heterocycles. The Labute approximate surface area is 96.5 Å². The van der Waals surface area contributed by atoms with Crippen molar-refractivity contribution in [3.8, 4) is 5.75 Å². The summed E-state index contributed by atoms with van der Waals surface area (Å²) in [5.74, 6) is 0.195. The summed E-state index contributed by atoms with van der Waals surface area (Å²) < 4.78 is 5.21. The number of likely N-dealkylation sites (N-methyl/N-ethyl adjacent to an activating group) is 1. The lowest BCUT2D eigenvalue weighted by atomic mass is 10.2. The third-order valence-corrected chi connectivity index (χ3v) is 2.85. The van der Waals surface area contributed by atoms with Gasteiger partial charge in [-0.05, 0) is 6.07 Å². The Bertz CT molecular complexity index is 448. The molecule has 15 heavy (non-hydrogen) atoms. The summed E-state index contributed by atoms with van der Waals surface area (Å²) in [5, 5.41) is 0.668. The van der Waals surface area contributed by atoms with Crippen molar-refractivity contribution in [1.29, 1.82) is 0 Å². The second-order valence-corrected chi connectivity index (χ2v) is 3.99. The molecule has 0 saturated heterocycles. The summed E-state index contributed by atoms with van der Waals surface area (Å²) in [4.78, 5) is 12.8. The molecule has 1 aromatic carbocycles. The summed E-state index contributed by atoms with van der Waals surface area (Å²) in [6, 6.07) is 1.50. The molecular weight excluding hydrogens is 239 g/mol. The molecule has 0 saturated carbocycles. The predicted octanol–water partition coefficient (Wildman–Crippen LogP) is 1.93. The van der Waals surface area contributed by atoms with E-state index in [0.29, 0.717) is 27.2 Å². The van der Waals surface area contributed by atoms with E-state index in [0.717, 1.165) is 0 Å². The van der Waals surface area contributed by atoms with E-state index in [9.17, 15) is 4.79 Å². The van der Waals surface area contributed by atoms with Crippen molar-refractivity contribution in [1.82, 2.24) is 0 Å². The average Bonchev–Trinajstić information content (AvgIpc) is 2.18. The number of hydrogen-bond acceptors (Lipinski definition) is 3. The molecular formula is C9H8Cl2N2O2. The van der Waals surface area contributed by atoms with Crippen molar-refractivity contribution in [3.63, 3.8) is 0 Å². The van der Waals surface area contributed by atoms with E-state index in [2.05, 4.69) is 0 Å². The van der Waals surface area contributed by atoms with Crippen molar-refractivity contribution in [3.05, 3.63) is 16.1 Å². The second kappa shape index (κ2) is 3.47. The zero-order chi connectivity index (χ0) is 11.2. The van der Waals surface area contributed by atoms with Crippen LogP contribution < -0.4 is 15.4 Å². The van der Waals surface area contributed by atoms with Crippen molar-refractivity contribution in [2.24, 2.45) is 0 Å². The third-order valence-electron chi connectivity index (χ3n) is 2.25. The number of amides is 1. The van der Waals surface area contributed by atoms with Gasteiger partial charge in [-0.15, -0.1) is 0 Å². The number of nitrogens with zero attached hydrogens (tertiary/aromatic N) is 1. The van der Waals surface area contributed by atoms with Gasteiger partial charge < -0.3 is 15.4 Å². The number of hydrogen-bond donors (Lipinski definition) is 1. The minimum atomic E-state index is -0.175. The van der Waals surface area contributed by atoms with Crippen LogP contribution >= 0.6 is 23.2 Å². The number of benzene rings is 1. The lowest BCUT2D eigenvalue weighted by molar-refractivity contribution is -0.120. The maximum atomic E-state index is 11.4. The first kappa shape index (κ1) is 10.4. The fourth-order valence-electron chi connectivity index (χ4n) is 1.42. The first-order chi connectivity index (χ1) is 7.02. The topological polar surface area (TPSA) is 55.6 Å². The molecule has 1 aromatic rings. The van der Waals surface area contributed by atoms with Gasteiger partial charge in [0, 0.05) is 7.05 Å². The number of nitrogens with two attached hydrogens (primary N) is 1. The number of anilines is 2. The molecule has 1 heterocycles. The third kappa shape index (κ3) is 1.50. The molecule has 1 aliphatic heterocycles. The van der Waals surface area contributed by atoms with Crippen LogP contribution in [-0.2, 0) is 4.79 Å². The second-order valence-electron chi connectivity index (χ2n) is 3.17. The van der Waals surface area contributed by atoms with Crippen molar-refractivity contribution in [2.75, 3.05) is 24.3 Å². The highest BCUT2D eigenvalue weighted by Gasteiger charge is 2.27. The van der Waals surface area contributed by atoms with Crippen molar-refractivity contribution in [2.45, 2.75) is 0 Å². The van der Waals surface area contributed by atoms with Crippen LogP contribution in [0, 0.1) is 0 Å². The van der Waals surface area contributed by atoms with E-state index in [1.807, 2.05) is 0 Å². The summed E-state index contributed by atoms with van der Waals surface area (Å²) in [5.41, 5.74) is 6.50. The fourth-order valence-corrected chi connectivity index (χ4v) is 1.99. The Kier molecular flexibility index (Phi) is 2.40. The average molecular weight is 247 g/mol. The zero-order valence-corrected chi connectivity index (χ0v) is 9.39. The van der Waals surface area contributed by atoms with Gasteiger partial charge in [0.2, 0.25) is 0 Å². The van der Waals surface area contributed by atoms with Gasteiger partial charge in [-0.25, -0.2) is 0 Å². The van der Waals surface area contributed by atoms with Crippen LogP contribution in [0.3, 0.4) is 0 Å². The molecule has 0 radical (unpaired) electrons. The Balaban J connectivity index is 2.69. The Morgan fingerprint density at radius 1 is 1.47 bits per heavy atom. The minimum absolute atomic E-state index is 0.0512. The van der Waals surface area contributed by atoms with Gasteiger partial charge in [-0.3, -0.25) is 4.79 Å². The standard InChI is InChI=1S/C9H8Cl2N2O2/c1-13-6(14)3-15-9-7(12)4(10)2-5(11)8(9)13/h2H,3,12H2,1H3. The van der Waals surface area contributed by atoms with E-state index in [1.54, 1.807) is 7.05 Å². The molecule has 0 atom stereocenters. The molecule has 2 rings (SSSR count). The van der Waals surface area contributed by atoms with Crippen LogP contribution in [0.15, 0.2) is 6.07 Å².